The van der Waals surface area contributed by atoms with Gasteiger partial charge in [0.25, 0.3) is 0 Å². The highest BCUT2D eigenvalue weighted by molar-refractivity contribution is 5.93. The van der Waals surface area contributed by atoms with Crippen LogP contribution in [0.5, 0.6) is 5.75 Å². The number of hydrogen-bond donors (Lipinski definition) is 1. The number of benzene rings is 2. The SMILES string of the molecule is Cn1c(COc2ccccc2F)cc2ccc(C(=O)O)cc21. The van der Waals surface area contributed by atoms with Gasteiger partial charge in [-0.25, -0.2) is 9.18 Å². The van der Waals surface area contributed by atoms with Gasteiger partial charge in [-0.1, -0.05) is 18.2 Å². The number of ether oxygens (including phenoxy) is 1. The van der Waals surface area contributed by atoms with Crippen molar-refractivity contribution in [2.75, 3.05) is 0 Å². The highest BCUT2D eigenvalue weighted by atomic mass is 19.1. The molecular weight excluding hydrogens is 285 g/mol. The molecule has 4 nitrogen and oxygen atoms in total. The molecule has 0 aliphatic heterocycles. The second-order valence-corrected chi connectivity index (χ2v) is 4.99. The molecule has 0 radical (unpaired) electrons. The second kappa shape index (κ2) is 5.52. The first-order valence-electron chi connectivity index (χ1n) is 6.75. The lowest BCUT2D eigenvalue weighted by atomic mass is 10.1. The average Bonchev–Trinajstić information content (AvgIpc) is 2.82. The highest BCUT2D eigenvalue weighted by Crippen LogP contribution is 2.23. The van der Waals surface area contributed by atoms with Gasteiger partial charge in [0.05, 0.1) is 11.3 Å². The van der Waals surface area contributed by atoms with Crippen LogP contribution in [0.2, 0.25) is 0 Å². The van der Waals surface area contributed by atoms with Gasteiger partial charge in [0.1, 0.15) is 6.61 Å². The summed E-state index contributed by atoms with van der Waals surface area (Å²) in [6.45, 7) is 0.203. The van der Waals surface area contributed by atoms with Crippen molar-refractivity contribution in [1.29, 1.82) is 0 Å². The Hall–Kier alpha value is -2.82. The van der Waals surface area contributed by atoms with E-state index in [1.54, 1.807) is 36.4 Å². The van der Waals surface area contributed by atoms with Gasteiger partial charge >= 0.3 is 5.97 Å². The summed E-state index contributed by atoms with van der Waals surface area (Å²) in [6, 6.07) is 13.1. The Morgan fingerprint density at radius 2 is 2.00 bits per heavy atom. The zero-order chi connectivity index (χ0) is 15.7. The third-order valence-electron chi connectivity index (χ3n) is 3.60. The van der Waals surface area contributed by atoms with E-state index < -0.39 is 11.8 Å². The molecule has 0 unspecified atom stereocenters. The smallest absolute Gasteiger partial charge is 0.335 e. The van der Waals surface area contributed by atoms with E-state index in [9.17, 15) is 9.18 Å². The zero-order valence-electron chi connectivity index (χ0n) is 11.9. The molecule has 0 fully saturated rings. The van der Waals surface area contributed by atoms with E-state index in [1.165, 1.54) is 6.07 Å². The largest absolute Gasteiger partial charge is 0.484 e. The Morgan fingerprint density at radius 3 is 2.73 bits per heavy atom. The summed E-state index contributed by atoms with van der Waals surface area (Å²) >= 11 is 0. The van der Waals surface area contributed by atoms with Gasteiger partial charge in [0.2, 0.25) is 0 Å². The van der Waals surface area contributed by atoms with Crippen molar-refractivity contribution >= 4 is 16.9 Å². The predicted octanol–water partition coefficient (Wildman–Crippen LogP) is 3.59. The molecule has 0 bridgehead atoms. The van der Waals surface area contributed by atoms with Crippen molar-refractivity contribution in [3.05, 3.63) is 65.6 Å². The Kier molecular flexibility index (Phi) is 3.55. The molecule has 22 heavy (non-hydrogen) atoms. The number of carbonyl (C=O) groups is 1. The minimum Gasteiger partial charge on any atom is -0.484 e. The van der Waals surface area contributed by atoms with Crippen LogP contribution in [0.4, 0.5) is 4.39 Å². The van der Waals surface area contributed by atoms with E-state index in [2.05, 4.69) is 0 Å². The molecule has 0 saturated heterocycles. The van der Waals surface area contributed by atoms with Gasteiger partial charge < -0.3 is 14.4 Å². The highest BCUT2D eigenvalue weighted by Gasteiger charge is 2.10. The maximum atomic E-state index is 13.5. The number of rotatable bonds is 4. The number of carboxylic acid groups (broad SMARTS) is 1. The van der Waals surface area contributed by atoms with E-state index in [0.717, 1.165) is 16.6 Å². The molecule has 0 atom stereocenters. The maximum absolute atomic E-state index is 13.5. The number of carboxylic acids is 1. The topological polar surface area (TPSA) is 51.5 Å². The van der Waals surface area contributed by atoms with Crippen LogP contribution in [0.15, 0.2) is 48.5 Å². The molecule has 3 rings (SSSR count). The van der Waals surface area contributed by atoms with Gasteiger partial charge in [0, 0.05) is 18.0 Å². The molecule has 112 valence electrons. The lowest BCUT2D eigenvalue weighted by molar-refractivity contribution is 0.0697. The molecule has 0 amide bonds. The maximum Gasteiger partial charge on any atom is 0.335 e. The summed E-state index contributed by atoms with van der Waals surface area (Å²) in [5.41, 5.74) is 1.86. The van der Waals surface area contributed by atoms with Crippen molar-refractivity contribution < 1.29 is 19.0 Å². The Balaban J connectivity index is 1.90. The predicted molar refractivity (Wildman–Crippen MR) is 80.6 cm³/mol. The standard InChI is InChI=1S/C17H14FNO3/c1-19-13(10-22-16-5-3-2-4-14(16)18)8-11-6-7-12(17(20)21)9-15(11)19/h2-9H,10H2,1H3,(H,20,21). The molecule has 0 aliphatic rings. The van der Waals surface area contributed by atoms with Crippen LogP contribution in [0, 0.1) is 5.82 Å². The van der Waals surface area contributed by atoms with Gasteiger partial charge in [-0.05, 0) is 30.3 Å². The van der Waals surface area contributed by atoms with Gasteiger partial charge in [-0.3, -0.25) is 0 Å². The first-order chi connectivity index (χ1) is 10.6. The molecule has 0 spiro atoms. The molecule has 1 N–H and O–H groups in total. The Morgan fingerprint density at radius 1 is 1.23 bits per heavy atom. The molecule has 3 aromatic rings. The summed E-state index contributed by atoms with van der Waals surface area (Å²) in [5.74, 6) is -1.18. The van der Waals surface area contributed by atoms with E-state index >= 15 is 0 Å². The lowest BCUT2D eigenvalue weighted by Crippen LogP contribution is -2.03. The minimum absolute atomic E-state index is 0.194. The number of fused-ring (bicyclic) bond motifs is 1. The number of aryl methyl sites for hydroxylation is 1. The van der Waals surface area contributed by atoms with E-state index in [1.807, 2.05) is 17.7 Å². The van der Waals surface area contributed by atoms with Crippen molar-refractivity contribution in [2.24, 2.45) is 7.05 Å². The normalized spacial score (nSPS) is 10.8. The zero-order valence-corrected chi connectivity index (χ0v) is 11.9. The van der Waals surface area contributed by atoms with E-state index in [0.29, 0.717) is 0 Å². The average molecular weight is 299 g/mol. The number of para-hydroxylation sites is 1. The Bertz CT molecular complexity index is 854. The van der Waals surface area contributed by atoms with Crippen LogP contribution >= 0.6 is 0 Å². The number of aromatic nitrogens is 1. The first-order valence-corrected chi connectivity index (χ1v) is 6.75. The van der Waals surface area contributed by atoms with Crippen LogP contribution < -0.4 is 4.74 Å². The Labute approximate surface area is 126 Å². The van der Waals surface area contributed by atoms with Gasteiger partial charge in [-0.15, -0.1) is 0 Å². The number of hydrogen-bond acceptors (Lipinski definition) is 2. The summed E-state index contributed by atoms with van der Waals surface area (Å²) in [6.07, 6.45) is 0. The van der Waals surface area contributed by atoms with Gasteiger partial charge in [0.15, 0.2) is 11.6 Å². The summed E-state index contributed by atoms with van der Waals surface area (Å²) in [4.78, 5) is 11.0. The van der Waals surface area contributed by atoms with E-state index in [4.69, 9.17) is 9.84 Å². The lowest BCUT2D eigenvalue weighted by Gasteiger charge is -2.08. The fraction of sp³-hybridized carbons (Fsp3) is 0.118. The van der Waals surface area contributed by atoms with Crippen molar-refractivity contribution in [3.8, 4) is 5.75 Å². The minimum atomic E-state index is -0.966. The molecule has 0 saturated carbocycles. The van der Waals surface area contributed by atoms with Crippen molar-refractivity contribution in [1.82, 2.24) is 4.57 Å². The number of aromatic carboxylic acids is 1. The molecule has 2 aromatic carbocycles. The fourth-order valence-electron chi connectivity index (χ4n) is 2.37. The first kappa shape index (κ1) is 14.1. The summed E-state index contributed by atoms with van der Waals surface area (Å²) in [7, 11) is 1.83. The van der Waals surface area contributed by atoms with Crippen molar-refractivity contribution in [2.45, 2.75) is 6.61 Å². The van der Waals surface area contributed by atoms with Crippen LogP contribution in [-0.4, -0.2) is 15.6 Å². The monoisotopic (exact) mass is 299 g/mol. The van der Waals surface area contributed by atoms with Crippen LogP contribution in [0.1, 0.15) is 16.1 Å². The van der Waals surface area contributed by atoms with Crippen molar-refractivity contribution in [3.63, 3.8) is 0 Å². The fourth-order valence-corrected chi connectivity index (χ4v) is 2.37. The molecular formula is C17H14FNO3. The van der Waals surface area contributed by atoms with Gasteiger partial charge in [-0.2, -0.15) is 0 Å². The molecule has 0 aliphatic carbocycles. The van der Waals surface area contributed by atoms with Crippen LogP contribution in [0.25, 0.3) is 10.9 Å². The molecule has 1 aromatic heterocycles. The van der Waals surface area contributed by atoms with E-state index in [-0.39, 0.29) is 17.9 Å². The van der Waals surface area contributed by atoms with Crippen LogP contribution in [-0.2, 0) is 13.7 Å². The summed E-state index contributed by atoms with van der Waals surface area (Å²) in [5, 5.41) is 9.97. The quantitative estimate of drug-likeness (QED) is 0.801. The number of nitrogens with zero attached hydrogens (tertiary/aromatic N) is 1. The summed E-state index contributed by atoms with van der Waals surface area (Å²) < 4.78 is 20.9. The third-order valence-corrected chi connectivity index (χ3v) is 3.60. The number of halogens is 1. The second-order valence-electron chi connectivity index (χ2n) is 4.99. The third kappa shape index (κ3) is 2.53. The molecule has 1 heterocycles. The van der Waals surface area contributed by atoms with Crippen LogP contribution in [0.3, 0.4) is 0 Å². The molecule has 5 heteroatoms.